The summed E-state index contributed by atoms with van der Waals surface area (Å²) in [6, 6.07) is 4.90. The van der Waals surface area contributed by atoms with Crippen LogP contribution in [0.25, 0.3) is 0 Å². The summed E-state index contributed by atoms with van der Waals surface area (Å²) < 4.78 is 15.7. The third-order valence-electron chi connectivity index (χ3n) is 2.92. The molecule has 1 heterocycles. The van der Waals surface area contributed by atoms with Gasteiger partial charge in [-0.15, -0.1) is 0 Å². The normalized spacial score (nSPS) is 20.7. The first-order valence-electron chi connectivity index (χ1n) is 6.20. The molecule has 0 saturated carbocycles. The fourth-order valence-corrected chi connectivity index (χ4v) is 1.96. The van der Waals surface area contributed by atoms with E-state index in [4.69, 9.17) is 14.2 Å². The van der Waals surface area contributed by atoms with E-state index in [1.165, 1.54) is 6.92 Å². The molecule has 1 unspecified atom stereocenters. The summed E-state index contributed by atoms with van der Waals surface area (Å²) in [4.78, 5) is 24.1. The highest BCUT2D eigenvalue weighted by atomic mass is 16.6. The number of ether oxygens (including phenoxy) is 3. The second kappa shape index (κ2) is 4.91. The molecule has 2 rings (SSSR count). The maximum atomic E-state index is 12.2. The molecule has 1 atom stereocenters. The summed E-state index contributed by atoms with van der Waals surface area (Å²) in [6.45, 7) is 5.68. The Labute approximate surface area is 111 Å². The average molecular weight is 264 g/mol. The van der Waals surface area contributed by atoms with Crippen LogP contribution in [0.4, 0.5) is 0 Å². The van der Waals surface area contributed by atoms with E-state index in [1.54, 1.807) is 25.1 Å². The zero-order valence-electron chi connectivity index (χ0n) is 11.2. The van der Waals surface area contributed by atoms with Crippen LogP contribution in [0, 0.1) is 0 Å². The third kappa shape index (κ3) is 2.16. The highest BCUT2D eigenvalue weighted by molar-refractivity contribution is 6.18. The topological polar surface area (TPSA) is 61.8 Å². The Kier molecular flexibility index (Phi) is 3.46. The SMILES string of the molecule is CCOC(=O)C1(C)Oc2cc(OCC)ccc2C1=O. The lowest BCUT2D eigenvalue weighted by molar-refractivity contribution is -0.155. The van der Waals surface area contributed by atoms with E-state index >= 15 is 0 Å². The van der Waals surface area contributed by atoms with Crippen molar-refractivity contribution in [3.05, 3.63) is 23.8 Å². The van der Waals surface area contributed by atoms with E-state index in [0.717, 1.165) is 0 Å². The van der Waals surface area contributed by atoms with Gasteiger partial charge < -0.3 is 14.2 Å². The molecular weight excluding hydrogens is 248 g/mol. The minimum absolute atomic E-state index is 0.200. The van der Waals surface area contributed by atoms with Crippen LogP contribution in [0.2, 0.25) is 0 Å². The number of Topliss-reactive ketones (excluding diaryl/α,β-unsaturated/α-hetero) is 1. The molecule has 1 aromatic rings. The minimum atomic E-state index is -1.59. The van der Waals surface area contributed by atoms with E-state index in [-0.39, 0.29) is 12.4 Å². The number of esters is 1. The molecule has 19 heavy (non-hydrogen) atoms. The Balaban J connectivity index is 2.32. The summed E-state index contributed by atoms with van der Waals surface area (Å²) in [5, 5.41) is 0. The van der Waals surface area contributed by atoms with Gasteiger partial charge in [0.25, 0.3) is 5.60 Å². The molecule has 0 fully saturated rings. The zero-order chi connectivity index (χ0) is 14.0. The van der Waals surface area contributed by atoms with Gasteiger partial charge in [0, 0.05) is 6.07 Å². The smallest absolute Gasteiger partial charge is 0.358 e. The summed E-state index contributed by atoms with van der Waals surface area (Å²) in [5.41, 5.74) is -1.22. The first-order chi connectivity index (χ1) is 9.02. The maximum Gasteiger partial charge on any atom is 0.358 e. The van der Waals surface area contributed by atoms with Crippen molar-refractivity contribution in [2.24, 2.45) is 0 Å². The predicted molar refractivity (Wildman–Crippen MR) is 67.6 cm³/mol. The van der Waals surface area contributed by atoms with E-state index < -0.39 is 11.6 Å². The molecule has 5 nitrogen and oxygen atoms in total. The Hall–Kier alpha value is -2.04. The molecule has 0 saturated heterocycles. The first kappa shape index (κ1) is 13.4. The summed E-state index contributed by atoms with van der Waals surface area (Å²) >= 11 is 0. The lowest BCUT2D eigenvalue weighted by Gasteiger charge is -2.19. The number of hydrogen-bond acceptors (Lipinski definition) is 5. The molecule has 0 spiro atoms. The molecular formula is C14H16O5. The van der Waals surface area contributed by atoms with E-state index in [1.807, 2.05) is 6.92 Å². The van der Waals surface area contributed by atoms with Gasteiger partial charge >= 0.3 is 5.97 Å². The van der Waals surface area contributed by atoms with Crippen molar-refractivity contribution < 1.29 is 23.8 Å². The van der Waals surface area contributed by atoms with Gasteiger partial charge in [-0.05, 0) is 32.9 Å². The van der Waals surface area contributed by atoms with Gasteiger partial charge in [-0.1, -0.05) is 0 Å². The molecule has 5 heteroatoms. The molecule has 1 aliphatic heterocycles. The fourth-order valence-electron chi connectivity index (χ4n) is 1.96. The van der Waals surface area contributed by atoms with Crippen LogP contribution in [0.3, 0.4) is 0 Å². The number of rotatable bonds is 4. The van der Waals surface area contributed by atoms with E-state index in [9.17, 15) is 9.59 Å². The number of carbonyl (C=O) groups is 2. The predicted octanol–water partition coefficient (Wildman–Crippen LogP) is 1.98. The largest absolute Gasteiger partial charge is 0.494 e. The Bertz CT molecular complexity index is 523. The highest BCUT2D eigenvalue weighted by Gasteiger charge is 2.51. The van der Waals surface area contributed by atoms with Crippen LogP contribution in [-0.4, -0.2) is 30.6 Å². The highest BCUT2D eigenvalue weighted by Crippen LogP contribution is 2.38. The number of hydrogen-bond donors (Lipinski definition) is 0. The van der Waals surface area contributed by atoms with Crippen molar-refractivity contribution in [3.8, 4) is 11.5 Å². The molecule has 0 bridgehead atoms. The van der Waals surface area contributed by atoms with Gasteiger partial charge in [-0.2, -0.15) is 0 Å². The quantitative estimate of drug-likeness (QED) is 0.614. The number of carbonyl (C=O) groups excluding carboxylic acids is 2. The van der Waals surface area contributed by atoms with E-state index in [2.05, 4.69) is 0 Å². The van der Waals surface area contributed by atoms with Crippen LogP contribution < -0.4 is 9.47 Å². The van der Waals surface area contributed by atoms with Crippen LogP contribution in [0.5, 0.6) is 11.5 Å². The minimum Gasteiger partial charge on any atom is -0.494 e. The molecule has 0 radical (unpaired) electrons. The fraction of sp³-hybridized carbons (Fsp3) is 0.429. The van der Waals surface area contributed by atoms with Crippen LogP contribution in [0.15, 0.2) is 18.2 Å². The lowest BCUT2D eigenvalue weighted by Crippen LogP contribution is -2.46. The molecule has 0 amide bonds. The van der Waals surface area contributed by atoms with Gasteiger partial charge in [-0.3, -0.25) is 4.79 Å². The Morgan fingerprint density at radius 3 is 2.68 bits per heavy atom. The van der Waals surface area contributed by atoms with Gasteiger partial charge in [0.2, 0.25) is 5.78 Å². The van der Waals surface area contributed by atoms with Gasteiger partial charge in [0.1, 0.15) is 11.5 Å². The molecule has 102 valence electrons. The van der Waals surface area contributed by atoms with Gasteiger partial charge in [0.05, 0.1) is 18.8 Å². The van der Waals surface area contributed by atoms with Crippen molar-refractivity contribution in [1.82, 2.24) is 0 Å². The monoisotopic (exact) mass is 264 g/mol. The lowest BCUT2D eigenvalue weighted by atomic mass is 9.98. The summed E-state index contributed by atoms with van der Waals surface area (Å²) in [6.07, 6.45) is 0. The van der Waals surface area contributed by atoms with Crippen LogP contribution in [-0.2, 0) is 9.53 Å². The molecule has 0 aliphatic carbocycles. The third-order valence-corrected chi connectivity index (χ3v) is 2.92. The number of ketones is 1. The van der Waals surface area contributed by atoms with Crippen molar-refractivity contribution in [2.75, 3.05) is 13.2 Å². The Morgan fingerprint density at radius 1 is 1.32 bits per heavy atom. The second-order valence-corrected chi connectivity index (χ2v) is 4.28. The molecule has 1 aliphatic rings. The van der Waals surface area contributed by atoms with Crippen molar-refractivity contribution in [2.45, 2.75) is 26.4 Å². The first-order valence-corrected chi connectivity index (χ1v) is 6.20. The van der Waals surface area contributed by atoms with Crippen molar-refractivity contribution in [3.63, 3.8) is 0 Å². The number of benzene rings is 1. The molecule has 1 aromatic carbocycles. The standard InChI is InChI=1S/C14H16O5/c1-4-17-9-6-7-10-11(8-9)19-14(3,12(10)15)13(16)18-5-2/h6-8H,4-5H2,1-3H3. The van der Waals surface area contributed by atoms with Crippen molar-refractivity contribution >= 4 is 11.8 Å². The van der Waals surface area contributed by atoms with E-state index in [0.29, 0.717) is 23.7 Å². The zero-order valence-corrected chi connectivity index (χ0v) is 11.2. The Morgan fingerprint density at radius 2 is 2.05 bits per heavy atom. The maximum absolute atomic E-state index is 12.2. The summed E-state index contributed by atoms with van der Waals surface area (Å²) in [5.74, 6) is -0.105. The second-order valence-electron chi connectivity index (χ2n) is 4.28. The summed E-state index contributed by atoms with van der Waals surface area (Å²) in [7, 11) is 0. The van der Waals surface area contributed by atoms with Gasteiger partial charge in [0.15, 0.2) is 0 Å². The molecule has 0 N–H and O–H groups in total. The van der Waals surface area contributed by atoms with Crippen LogP contribution in [0.1, 0.15) is 31.1 Å². The molecule has 0 aromatic heterocycles. The van der Waals surface area contributed by atoms with Gasteiger partial charge in [-0.25, -0.2) is 4.79 Å². The average Bonchev–Trinajstić information content (AvgIpc) is 2.63. The van der Waals surface area contributed by atoms with Crippen molar-refractivity contribution in [1.29, 1.82) is 0 Å². The van der Waals surface area contributed by atoms with Crippen LogP contribution >= 0.6 is 0 Å². The number of fused-ring (bicyclic) bond motifs is 1.